The predicted molar refractivity (Wildman–Crippen MR) is 64.0 cm³/mol. The maximum Gasteiger partial charge on any atom is 0.253 e. The van der Waals surface area contributed by atoms with Crippen molar-refractivity contribution < 1.29 is 17.6 Å². The first-order valence-electron chi connectivity index (χ1n) is 6.45. The van der Waals surface area contributed by atoms with Gasteiger partial charge >= 0.3 is 0 Å². The average Bonchev–Trinajstić information content (AvgIpc) is 2.65. The van der Waals surface area contributed by atoms with E-state index < -0.39 is 29.2 Å². The molecule has 2 nitrogen and oxygen atoms in total. The van der Waals surface area contributed by atoms with Crippen LogP contribution in [0.5, 0.6) is 0 Å². The van der Waals surface area contributed by atoms with Gasteiger partial charge in [0, 0.05) is 13.1 Å². The Kier molecular flexibility index (Phi) is 4.27. The van der Waals surface area contributed by atoms with Crippen molar-refractivity contribution in [2.75, 3.05) is 11.9 Å². The largest absolute Gasteiger partial charge is 0.367 e. The Morgan fingerprint density at radius 3 is 1.84 bits per heavy atom. The van der Waals surface area contributed by atoms with Crippen LogP contribution in [-0.4, -0.2) is 18.1 Å². The van der Waals surface area contributed by atoms with Crippen LogP contribution < -0.4 is 4.90 Å². The summed E-state index contributed by atoms with van der Waals surface area (Å²) in [5.74, 6) is -6.06. The van der Waals surface area contributed by atoms with Gasteiger partial charge in [0.2, 0.25) is 11.6 Å². The van der Waals surface area contributed by atoms with Crippen molar-refractivity contribution in [1.29, 1.82) is 0 Å². The van der Waals surface area contributed by atoms with E-state index in [9.17, 15) is 17.6 Å². The van der Waals surface area contributed by atoms with Crippen molar-refractivity contribution in [2.45, 2.75) is 44.6 Å². The first kappa shape index (κ1) is 14.1. The van der Waals surface area contributed by atoms with Crippen molar-refractivity contribution in [3.8, 4) is 0 Å². The molecule has 1 saturated carbocycles. The van der Waals surface area contributed by atoms with Crippen LogP contribution in [0.15, 0.2) is 0 Å². The fourth-order valence-electron chi connectivity index (χ4n) is 2.61. The number of halogens is 4. The molecule has 106 valence electrons. The SMILES string of the molecule is CN(c1c(F)c(F)nc(F)c1F)C1CCCCCC1. The molecule has 1 aliphatic rings. The predicted octanol–water partition coefficient (Wildman–Crippen LogP) is 3.80. The van der Waals surface area contributed by atoms with Gasteiger partial charge in [0.05, 0.1) is 0 Å². The number of rotatable bonds is 2. The van der Waals surface area contributed by atoms with Gasteiger partial charge in [-0.15, -0.1) is 0 Å². The molecule has 0 N–H and O–H groups in total. The summed E-state index contributed by atoms with van der Waals surface area (Å²) in [4.78, 5) is 3.88. The van der Waals surface area contributed by atoms with Crippen LogP contribution in [0.25, 0.3) is 0 Å². The zero-order chi connectivity index (χ0) is 14.0. The number of hydrogen-bond acceptors (Lipinski definition) is 2. The summed E-state index contributed by atoms with van der Waals surface area (Å²) in [5.41, 5.74) is -0.656. The quantitative estimate of drug-likeness (QED) is 0.464. The summed E-state index contributed by atoms with van der Waals surface area (Å²) in [6, 6.07) is -0.104. The lowest BCUT2D eigenvalue weighted by atomic mass is 10.1. The van der Waals surface area contributed by atoms with Crippen molar-refractivity contribution >= 4 is 5.69 Å². The monoisotopic (exact) mass is 276 g/mol. The van der Waals surface area contributed by atoms with E-state index in [4.69, 9.17) is 0 Å². The van der Waals surface area contributed by atoms with E-state index in [1.165, 1.54) is 11.9 Å². The van der Waals surface area contributed by atoms with Gasteiger partial charge < -0.3 is 4.90 Å². The number of nitrogens with zero attached hydrogens (tertiary/aromatic N) is 2. The zero-order valence-corrected chi connectivity index (χ0v) is 10.7. The molecule has 0 amide bonds. The highest BCUT2D eigenvalue weighted by molar-refractivity contribution is 5.48. The summed E-state index contributed by atoms with van der Waals surface area (Å²) in [7, 11) is 1.47. The molecule has 0 bridgehead atoms. The summed E-state index contributed by atoms with van der Waals surface area (Å²) >= 11 is 0. The third-order valence-electron chi connectivity index (χ3n) is 3.70. The Morgan fingerprint density at radius 1 is 0.895 bits per heavy atom. The first-order chi connectivity index (χ1) is 9.02. The van der Waals surface area contributed by atoms with Crippen LogP contribution >= 0.6 is 0 Å². The van der Waals surface area contributed by atoms with E-state index >= 15 is 0 Å². The molecule has 0 atom stereocenters. The lowest BCUT2D eigenvalue weighted by molar-refractivity contribution is 0.401. The number of aromatic nitrogens is 1. The second kappa shape index (κ2) is 5.75. The highest BCUT2D eigenvalue weighted by atomic mass is 19.2. The van der Waals surface area contributed by atoms with E-state index in [1.54, 1.807) is 0 Å². The van der Waals surface area contributed by atoms with Gasteiger partial charge in [0.15, 0.2) is 0 Å². The highest BCUT2D eigenvalue weighted by Gasteiger charge is 2.27. The lowest BCUT2D eigenvalue weighted by Gasteiger charge is -2.29. The molecular weight excluding hydrogens is 260 g/mol. The van der Waals surface area contributed by atoms with Gasteiger partial charge in [-0.1, -0.05) is 25.7 Å². The second-order valence-corrected chi connectivity index (χ2v) is 4.93. The van der Waals surface area contributed by atoms with Crippen molar-refractivity contribution in [3.63, 3.8) is 0 Å². The molecule has 1 heterocycles. The smallest absolute Gasteiger partial charge is 0.253 e. The van der Waals surface area contributed by atoms with Gasteiger partial charge in [0.1, 0.15) is 5.69 Å². The van der Waals surface area contributed by atoms with Crippen LogP contribution in [0.4, 0.5) is 23.2 Å². The normalized spacial score (nSPS) is 17.3. The minimum Gasteiger partial charge on any atom is -0.367 e. The Morgan fingerprint density at radius 2 is 1.37 bits per heavy atom. The Balaban J connectivity index is 2.34. The van der Waals surface area contributed by atoms with Gasteiger partial charge in [0.25, 0.3) is 11.9 Å². The molecule has 19 heavy (non-hydrogen) atoms. The molecule has 0 unspecified atom stereocenters. The van der Waals surface area contributed by atoms with Crippen molar-refractivity contribution in [3.05, 3.63) is 23.5 Å². The van der Waals surface area contributed by atoms with Crippen LogP contribution in [-0.2, 0) is 0 Å². The number of pyridine rings is 1. The van der Waals surface area contributed by atoms with Gasteiger partial charge in [-0.05, 0) is 12.8 Å². The Labute approximate surface area is 109 Å². The fraction of sp³-hybridized carbons (Fsp3) is 0.615. The topological polar surface area (TPSA) is 16.1 Å². The third-order valence-corrected chi connectivity index (χ3v) is 3.70. The molecule has 1 aromatic heterocycles. The molecule has 6 heteroatoms. The molecule has 0 spiro atoms. The minimum atomic E-state index is -1.60. The molecule has 0 saturated heterocycles. The van der Waals surface area contributed by atoms with Crippen LogP contribution in [0.2, 0.25) is 0 Å². The van der Waals surface area contributed by atoms with Crippen LogP contribution in [0.1, 0.15) is 38.5 Å². The van der Waals surface area contributed by atoms with E-state index in [1.807, 2.05) is 0 Å². The number of anilines is 1. The Hall–Kier alpha value is -1.33. The van der Waals surface area contributed by atoms with Crippen LogP contribution in [0, 0.1) is 23.5 Å². The fourth-order valence-corrected chi connectivity index (χ4v) is 2.61. The average molecular weight is 276 g/mol. The first-order valence-corrected chi connectivity index (χ1v) is 6.45. The lowest BCUT2D eigenvalue weighted by Crippen LogP contribution is -2.33. The summed E-state index contributed by atoms with van der Waals surface area (Å²) < 4.78 is 53.5. The van der Waals surface area contributed by atoms with E-state index in [2.05, 4.69) is 4.98 Å². The maximum atomic E-state index is 13.7. The van der Waals surface area contributed by atoms with E-state index in [-0.39, 0.29) is 6.04 Å². The van der Waals surface area contributed by atoms with Crippen LogP contribution in [0.3, 0.4) is 0 Å². The van der Waals surface area contributed by atoms with E-state index in [0.29, 0.717) is 0 Å². The van der Waals surface area contributed by atoms with Gasteiger partial charge in [-0.2, -0.15) is 22.5 Å². The molecule has 1 aromatic rings. The van der Waals surface area contributed by atoms with Crippen molar-refractivity contribution in [2.24, 2.45) is 0 Å². The third kappa shape index (κ3) is 2.82. The molecular formula is C13H16F4N2. The van der Waals surface area contributed by atoms with Gasteiger partial charge in [-0.3, -0.25) is 0 Å². The zero-order valence-electron chi connectivity index (χ0n) is 10.7. The maximum absolute atomic E-state index is 13.7. The number of hydrogen-bond donors (Lipinski definition) is 0. The molecule has 1 aliphatic carbocycles. The summed E-state index contributed by atoms with van der Waals surface area (Å²) in [6.45, 7) is 0. The summed E-state index contributed by atoms with van der Waals surface area (Å²) in [6.07, 6.45) is 5.59. The summed E-state index contributed by atoms with van der Waals surface area (Å²) in [5, 5.41) is 0. The van der Waals surface area contributed by atoms with E-state index in [0.717, 1.165) is 38.5 Å². The molecule has 0 aliphatic heterocycles. The highest BCUT2D eigenvalue weighted by Crippen LogP contribution is 2.30. The molecule has 0 aromatic carbocycles. The standard InChI is InChI=1S/C13H16F4N2/c1-19(8-6-4-2-3-5-7-8)11-9(14)12(16)18-13(17)10(11)15/h8H,2-7H2,1H3. The van der Waals surface area contributed by atoms with Gasteiger partial charge in [-0.25, -0.2) is 0 Å². The molecule has 2 rings (SSSR count). The molecule has 1 fully saturated rings. The second-order valence-electron chi connectivity index (χ2n) is 4.93. The minimum absolute atomic E-state index is 0.104. The Bertz CT molecular complexity index is 430. The molecule has 0 radical (unpaired) electrons. The van der Waals surface area contributed by atoms with Crippen molar-refractivity contribution in [1.82, 2.24) is 4.98 Å².